The molecule has 1 aromatic rings. The average Bonchev–Trinajstić information content (AvgIpc) is 2.93. The van der Waals surface area contributed by atoms with E-state index in [9.17, 15) is 18.4 Å². The minimum atomic E-state index is -0.752. The zero-order valence-corrected chi connectivity index (χ0v) is 18.1. The molecule has 0 aromatic heterocycles. The van der Waals surface area contributed by atoms with Crippen molar-refractivity contribution in [1.82, 2.24) is 10.2 Å². The number of thiol groups is 1. The summed E-state index contributed by atoms with van der Waals surface area (Å²) in [4.78, 5) is 27.9. The highest BCUT2D eigenvalue weighted by Crippen LogP contribution is 2.35. The van der Waals surface area contributed by atoms with E-state index in [1.807, 2.05) is 0 Å². The van der Waals surface area contributed by atoms with Crippen LogP contribution in [0.3, 0.4) is 0 Å². The van der Waals surface area contributed by atoms with Gasteiger partial charge in [-0.15, -0.1) is 12.6 Å². The molecule has 6 nitrogen and oxygen atoms in total. The molecule has 1 N–H and O–H groups in total. The molecule has 2 aliphatic rings. The predicted molar refractivity (Wildman–Crippen MR) is 113 cm³/mol. The number of thioether (sulfide) groups is 1. The van der Waals surface area contributed by atoms with Gasteiger partial charge in [0.15, 0.2) is 0 Å². The summed E-state index contributed by atoms with van der Waals surface area (Å²) in [7, 11) is 0. The van der Waals surface area contributed by atoms with Crippen LogP contribution in [-0.4, -0.2) is 53.4 Å². The van der Waals surface area contributed by atoms with Crippen molar-refractivity contribution in [3.05, 3.63) is 34.2 Å². The monoisotopic (exact) mass is 443 g/mol. The Balaban J connectivity index is 1.80. The summed E-state index contributed by atoms with van der Waals surface area (Å²) in [5.41, 5.74) is -0.115. The number of nitrogens with zero attached hydrogens (tertiary/aromatic N) is 2. The number of hydrogen-bond acceptors (Lipinski definition) is 6. The van der Waals surface area contributed by atoms with Crippen LogP contribution in [0.5, 0.6) is 0 Å². The molecular formula is C19H23F2N3O3S2. The molecule has 0 bridgehead atoms. The Morgan fingerprint density at radius 2 is 1.93 bits per heavy atom. The maximum absolute atomic E-state index is 14.6. The number of ether oxygens (including phenoxy) is 1. The number of piperazine rings is 1. The van der Waals surface area contributed by atoms with Gasteiger partial charge in [0.1, 0.15) is 21.9 Å². The first-order valence-electron chi connectivity index (χ1n) is 9.13. The Bertz CT molecular complexity index is 850. The predicted octanol–water partition coefficient (Wildman–Crippen LogP) is 3.44. The first kappa shape index (κ1) is 21.8. The molecule has 2 saturated heterocycles. The highest BCUT2D eigenvalue weighted by Gasteiger charge is 2.29. The molecule has 0 aliphatic carbocycles. The van der Waals surface area contributed by atoms with Gasteiger partial charge in [0.25, 0.3) is 5.91 Å². The van der Waals surface area contributed by atoms with E-state index in [1.165, 1.54) is 12.1 Å². The van der Waals surface area contributed by atoms with Crippen molar-refractivity contribution in [3.8, 4) is 0 Å². The highest BCUT2D eigenvalue weighted by molar-refractivity contribution is 8.14. The number of hydrogen-bond donors (Lipinski definition) is 2. The Hall–Kier alpha value is -1.94. The van der Waals surface area contributed by atoms with Gasteiger partial charge in [-0.1, -0.05) is 11.8 Å². The lowest BCUT2D eigenvalue weighted by Crippen LogP contribution is -2.50. The normalized spacial score (nSPS) is 21.5. The molecule has 1 atom stereocenters. The Labute approximate surface area is 178 Å². The summed E-state index contributed by atoms with van der Waals surface area (Å²) in [6.07, 6.45) is 1.00. The second-order valence-corrected chi connectivity index (χ2v) is 9.74. The van der Waals surface area contributed by atoms with Crippen molar-refractivity contribution in [2.75, 3.05) is 31.1 Å². The van der Waals surface area contributed by atoms with Crippen molar-refractivity contribution in [2.45, 2.75) is 31.1 Å². The van der Waals surface area contributed by atoms with E-state index in [0.717, 1.165) is 17.8 Å². The third-order valence-corrected chi connectivity index (χ3v) is 5.68. The highest BCUT2D eigenvalue weighted by atomic mass is 32.2. The third kappa shape index (κ3) is 5.36. The number of benzene rings is 1. The van der Waals surface area contributed by atoms with Crippen LogP contribution in [0.1, 0.15) is 26.3 Å². The van der Waals surface area contributed by atoms with Crippen LogP contribution >= 0.6 is 24.4 Å². The van der Waals surface area contributed by atoms with Crippen LogP contribution in [-0.2, 0) is 9.53 Å². The van der Waals surface area contributed by atoms with Crippen LogP contribution < -0.4 is 10.2 Å². The van der Waals surface area contributed by atoms with Crippen LogP contribution in [0.2, 0.25) is 0 Å². The third-order valence-electron chi connectivity index (χ3n) is 4.34. The minimum absolute atomic E-state index is 0.136. The van der Waals surface area contributed by atoms with Gasteiger partial charge in [-0.2, -0.15) is 0 Å². The van der Waals surface area contributed by atoms with Crippen molar-refractivity contribution in [3.63, 3.8) is 0 Å². The second kappa shape index (κ2) is 8.43. The number of carbonyl (C=O) groups is 2. The zero-order chi connectivity index (χ0) is 21.3. The van der Waals surface area contributed by atoms with E-state index in [0.29, 0.717) is 36.8 Å². The van der Waals surface area contributed by atoms with Gasteiger partial charge in [-0.3, -0.25) is 4.79 Å². The topological polar surface area (TPSA) is 61.9 Å². The summed E-state index contributed by atoms with van der Waals surface area (Å²) in [5.74, 6) is -1.80. The van der Waals surface area contributed by atoms with Gasteiger partial charge in [0, 0.05) is 37.8 Å². The Morgan fingerprint density at radius 3 is 2.48 bits per heavy atom. The lowest BCUT2D eigenvalue weighted by atomic mass is 10.1. The molecule has 29 heavy (non-hydrogen) atoms. The molecule has 1 aromatic carbocycles. The number of halogens is 2. The number of carbonyl (C=O) groups excluding carboxylic acids is 2. The summed E-state index contributed by atoms with van der Waals surface area (Å²) in [5, 5.41) is 2.61. The van der Waals surface area contributed by atoms with Crippen LogP contribution in [0.4, 0.5) is 19.3 Å². The smallest absolute Gasteiger partial charge is 0.410 e. The molecule has 3 rings (SSSR count). The van der Waals surface area contributed by atoms with Crippen molar-refractivity contribution in [1.29, 1.82) is 0 Å². The molecule has 10 heteroatoms. The van der Waals surface area contributed by atoms with Crippen LogP contribution in [0, 0.1) is 11.6 Å². The van der Waals surface area contributed by atoms with E-state index in [4.69, 9.17) is 4.74 Å². The Morgan fingerprint density at radius 1 is 1.28 bits per heavy atom. The van der Waals surface area contributed by atoms with Crippen molar-refractivity contribution < 1.29 is 23.1 Å². The summed E-state index contributed by atoms with van der Waals surface area (Å²) < 4.78 is 33.5. The SMILES string of the molecule is CC(C)(C)OC(=O)N1CCN(c2cc(F)cc(F)c2/C=C2\SC(S)NC2=O)CC1. The second-order valence-electron chi connectivity index (χ2n) is 7.73. The maximum Gasteiger partial charge on any atom is 0.410 e. The number of rotatable bonds is 2. The minimum Gasteiger partial charge on any atom is -0.444 e. The van der Waals surface area contributed by atoms with Gasteiger partial charge >= 0.3 is 6.09 Å². The molecule has 158 valence electrons. The fourth-order valence-corrected chi connectivity index (χ4v) is 4.27. The fraction of sp³-hybridized carbons (Fsp3) is 0.474. The Kier molecular flexibility index (Phi) is 6.33. The molecule has 2 aliphatic heterocycles. The molecule has 2 fully saturated rings. The molecule has 1 unspecified atom stereocenters. The quantitative estimate of drug-likeness (QED) is 0.542. The first-order chi connectivity index (χ1) is 13.5. The van der Waals surface area contributed by atoms with Gasteiger partial charge in [0.05, 0.1) is 10.6 Å². The van der Waals surface area contributed by atoms with E-state index < -0.39 is 28.0 Å². The lowest BCUT2D eigenvalue weighted by Gasteiger charge is -2.37. The van der Waals surface area contributed by atoms with Crippen molar-refractivity contribution in [2.24, 2.45) is 0 Å². The number of nitrogens with one attached hydrogen (secondary N) is 1. The molecule has 0 radical (unpaired) electrons. The van der Waals surface area contributed by atoms with Crippen LogP contribution in [0.15, 0.2) is 17.0 Å². The molecule has 0 spiro atoms. The van der Waals surface area contributed by atoms with E-state index in [2.05, 4.69) is 17.9 Å². The zero-order valence-electron chi connectivity index (χ0n) is 16.4. The van der Waals surface area contributed by atoms with E-state index in [-0.39, 0.29) is 11.5 Å². The number of anilines is 1. The van der Waals surface area contributed by atoms with Crippen molar-refractivity contribution >= 4 is 48.2 Å². The molecular weight excluding hydrogens is 420 g/mol. The summed E-state index contributed by atoms with van der Waals surface area (Å²) in [6, 6.07) is 2.04. The van der Waals surface area contributed by atoms with Gasteiger partial charge in [0.2, 0.25) is 0 Å². The largest absolute Gasteiger partial charge is 0.444 e. The molecule has 2 heterocycles. The first-order valence-corrected chi connectivity index (χ1v) is 10.5. The molecule has 2 amide bonds. The lowest BCUT2D eigenvalue weighted by molar-refractivity contribution is -0.116. The fourth-order valence-electron chi connectivity index (χ4n) is 3.05. The van der Waals surface area contributed by atoms with E-state index >= 15 is 0 Å². The van der Waals surface area contributed by atoms with Crippen LogP contribution in [0.25, 0.3) is 6.08 Å². The molecule has 0 saturated carbocycles. The summed E-state index contributed by atoms with van der Waals surface area (Å²) in [6.45, 7) is 6.86. The summed E-state index contributed by atoms with van der Waals surface area (Å²) >= 11 is 5.34. The average molecular weight is 444 g/mol. The van der Waals surface area contributed by atoms with Gasteiger partial charge in [-0.25, -0.2) is 13.6 Å². The van der Waals surface area contributed by atoms with Gasteiger partial charge in [-0.05, 0) is 32.9 Å². The standard InChI is InChI=1S/C19H23F2N3O3S2/c1-19(2,3)27-18(26)24-6-4-23(5-7-24)14-9-11(20)8-13(21)12(14)10-15-16(25)22-17(28)29-15/h8-10,17,28H,4-7H2,1-3H3,(H,22,25)/b15-10-. The number of amides is 2. The van der Waals surface area contributed by atoms with Gasteiger partial charge < -0.3 is 19.9 Å². The van der Waals surface area contributed by atoms with E-state index in [1.54, 1.807) is 30.6 Å². The maximum atomic E-state index is 14.6.